The number of benzene rings is 1. The Labute approximate surface area is 163 Å². The lowest BCUT2D eigenvalue weighted by Crippen LogP contribution is -2.21. The molecule has 1 heterocycles. The fraction of sp³-hybridized carbons (Fsp3) is 0.474. The molecule has 1 N–H and O–H groups in total. The van der Waals surface area contributed by atoms with Gasteiger partial charge in [-0.1, -0.05) is 13.0 Å². The largest absolute Gasteiger partial charge is 0.380 e. The Kier molecular flexibility index (Phi) is 7.01. The Hall–Kier alpha value is -0.720. The molecule has 0 aliphatic heterocycles. The van der Waals surface area contributed by atoms with Crippen LogP contribution in [0.1, 0.15) is 37.4 Å². The van der Waals surface area contributed by atoms with Gasteiger partial charge in [-0.3, -0.25) is 4.98 Å². The van der Waals surface area contributed by atoms with Gasteiger partial charge in [-0.2, -0.15) is 0 Å². The highest BCUT2D eigenvalue weighted by molar-refractivity contribution is 14.1. The maximum atomic E-state index is 8.71. The Balaban J connectivity index is 0.00000208. The molecule has 1 atom stereocenters. The zero-order chi connectivity index (χ0) is 16.4. The summed E-state index contributed by atoms with van der Waals surface area (Å²) in [5, 5.41) is 9.78. The van der Waals surface area contributed by atoms with Gasteiger partial charge in [-0.05, 0) is 72.9 Å². The van der Waals surface area contributed by atoms with E-state index >= 15 is 0 Å². The van der Waals surface area contributed by atoms with Gasteiger partial charge in [-0.25, -0.2) is 0 Å². The molecule has 1 aromatic heterocycles. The van der Waals surface area contributed by atoms with E-state index in [4.69, 9.17) is 10.1 Å². The summed E-state index contributed by atoms with van der Waals surface area (Å²) in [4.78, 5) is 4.63. The van der Waals surface area contributed by atoms with Crippen LogP contribution in [0.4, 0.5) is 0 Å². The number of ether oxygens (including phenoxy) is 1. The van der Waals surface area contributed by atoms with Crippen LogP contribution < -0.4 is 0 Å². The monoisotopic (exact) mass is 458 g/mol. The highest BCUT2D eigenvalue weighted by atomic mass is 127. The molecular weight excluding hydrogens is 435 g/mol. The molecule has 130 valence electrons. The van der Waals surface area contributed by atoms with Gasteiger partial charge in [0.05, 0.1) is 12.1 Å². The van der Waals surface area contributed by atoms with Crippen LogP contribution in [0.5, 0.6) is 0 Å². The number of pyridine rings is 1. The number of fused-ring (bicyclic) bond motifs is 1. The Morgan fingerprint density at radius 3 is 2.79 bits per heavy atom. The molecule has 5 heteroatoms. The van der Waals surface area contributed by atoms with Crippen molar-refractivity contribution < 1.29 is 4.74 Å². The Morgan fingerprint density at radius 1 is 1.38 bits per heavy atom. The van der Waals surface area contributed by atoms with Gasteiger partial charge in [0.2, 0.25) is 0 Å². The van der Waals surface area contributed by atoms with Gasteiger partial charge < -0.3 is 10.1 Å². The van der Waals surface area contributed by atoms with Crippen molar-refractivity contribution in [3.8, 4) is 0 Å². The van der Waals surface area contributed by atoms with Crippen molar-refractivity contribution in [1.29, 1.82) is 5.41 Å². The second-order valence-corrected chi connectivity index (χ2v) is 7.72. The summed E-state index contributed by atoms with van der Waals surface area (Å²) in [6.07, 6.45) is 3.54. The molecule has 1 saturated carbocycles. The Bertz CT molecular complexity index is 725. The minimum atomic E-state index is 0. The SMILES string of the molecule is CC[C@H](COCC1CC1)C(=N)c1cc(C)nc2cc(I)ccc12.Cl. The third kappa shape index (κ3) is 4.67. The molecule has 0 radical (unpaired) electrons. The maximum absolute atomic E-state index is 8.71. The third-order valence-electron chi connectivity index (χ3n) is 4.46. The average molecular weight is 459 g/mol. The molecular formula is C19H24ClIN2O. The van der Waals surface area contributed by atoms with Crippen molar-refractivity contribution in [3.05, 3.63) is 39.1 Å². The first-order valence-corrected chi connectivity index (χ1v) is 9.39. The van der Waals surface area contributed by atoms with E-state index in [0.29, 0.717) is 12.3 Å². The molecule has 24 heavy (non-hydrogen) atoms. The van der Waals surface area contributed by atoms with E-state index in [9.17, 15) is 0 Å². The number of hydrogen-bond donors (Lipinski definition) is 1. The number of aromatic nitrogens is 1. The number of hydrogen-bond acceptors (Lipinski definition) is 3. The van der Waals surface area contributed by atoms with Gasteiger partial charge in [0.15, 0.2) is 0 Å². The summed E-state index contributed by atoms with van der Waals surface area (Å²) in [6, 6.07) is 8.30. The lowest BCUT2D eigenvalue weighted by molar-refractivity contribution is 0.107. The summed E-state index contributed by atoms with van der Waals surface area (Å²) in [6.45, 7) is 5.65. The van der Waals surface area contributed by atoms with E-state index in [0.717, 1.165) is 41.1 Å². The molecule has 0 unspecified atom stereocenters. The maximum Gasteiger partial charge on any atom is 0.0722 e. The molecule has 1 aliphatic rings. The lowest BCUT2D eigenvalue weighted by atomic mass is 9.92. The van der Waals surface area contributed by atoms with Crippen molar-refractivity contribution in [3.63, 3.8) is 0 Å². The molecule has 1 fully saturated rings. The van der Waals surface area contributed by atoms with E-state index in [2.05, 4.69) is 52.7 Å². The van der Waals surface area contributed by atoms with Crippen LogP contribution in [0.15, 0.2) is 24.3 Å². The van der Waals surface area contributed by atoms with Crippen LogP contribution in [0.2, 0.25) is 0 Å². The molecule has 1 aromatic carbocycles. The molecule has 1 aliphatic carbocycles. The predicted octanol–water partition coefficient (Wildman–Crippen LogP) is 5.39. The van der Waals surface area contributed by atoms with Crippen LogP contribution in [-0.2, 0) is 4.74 Å². The van der Waals surface area contributed by atoms with Crippen molar-refractivity contribution >= 4 is 51.6 Å². The van der Waals surface area contributed by atoms with E-state index in [1.165, 1.54) is 16.4 Å². The van der Waals surface area contributed by atoms with Crippen LogP contribution in [-0.4, -0.2) is 23.9 Å². The molecule has 3 rings (SSSR count). The molecule has 0 saturated heterocycles. The Morgan fingerprint density at radius 2 is 2.12 bits per heavy atom. The summed E-state index contributed by atoms with van der Waals surface area (Å²) in [5.74, 6) is 0.922. The lowest BCUT2D eigenvalue weighted by Gasteiger charge is -2.18. The second-order valence-electron chi connectivity index (χ2n) is 6.47. The highest BCUT2D eigenvalue weighted by Crippen LogP contribution is 2.29. The van der Waals surface area contributed by atoms with Gasteiger partial charge in [-0.15, -0.1) is 12.4 Å². The van der Waals surface area contributed by atoms with Gasteiger partial charge in [0.25, 0.3) is 0 Å². The number of aryl methyl sites for hydroxylation is 1. The second kappa shape index (κ2) is 8.59. The predicted molar refractivity (Wildman–Crippen MR) is 111 cm³/mol. The summed E-state index contributed by atoms with van der Waals surface area (Å²) < 4.78 is 7.03. The summed E-state index contributed by atoms with van der Waals surface area (Å²) in [7, 11) is 0. The molecule has 3 nitrogen and oxygen atoms in total. The fourth-order valence-electron chi connectivity index (χ4n) is 2.84. The molecule has 0 bridgehead atoms. The fourth-order valence-corrected chi connectivity index (χ4v) is 3.32. The zero-order valence-electron chi connectivity index (χ0n) is 14.1. The molecule has 2 aromatic rings. The smallest absolute Gasteiger partial charge is 0.0722 e. The van der Waals surface area contributed by atoms with Crippen molar-refractivity contribution in [2.45, 2.75) is 33.1 Å². The van der Waals surface area contributed by atoms with Crippen LogP contribution in [0, 0.1) is 27.7 Å². The summed E-state index contributed by atoms with van der Waals surface area (Å²) >= 11 is 2.31. The van der Waals surface area contributed by atoms with E-state index in [1.807, 2.05) is 13.0 Å². The van der Waals surface area contributed by atoms with Crippen molar-refractivity contribution in [2.24, 2.45) is 11.8 Å². The molecule has 0 amide bonds. The standard InChI is InChI=1S/C19H23IN2O.ClH/c1-3-14(11-23-10-13-4-5-13)19(21)17-8-12(2)22-18-9-15(20)6-7-16(17)18;/h6-9,13-14,21H,3-5,10-11H2,1-2H3;1H/t14-;/m1./s1. The van der Waals surface area contributed by atoms with Crippen LogP contribution >= 0.6 is 35.0 Å². The quantitative estimate of drug-likeness (QED) is 0.446. The van der Waals surface area contributed by atoms with Gasteiger partial charge >= 0.3 is 0 Å². The van der Waals surface area contributed by atoms with Gasteiger partial charge in [0.1, 0.15) is 0 Å². The van der Waals surface area contributed by atoms with E-state index in [1.54, 1.807) is 0 Å². The van der Waals surface area contributed by atoms with Crippen molar-refractivity contribution in [2.75, 3.05) is 13.2 Å². The topological polar surface area (TPSA) is 46.0 Å². The average Bonchev–Trinajstić information content (AvgIpc) is 3.34. The zero-order valence-corrected chi connectivity index (χ0v) is 17.1. The normalized spacial score (nSPS) is 15.1. The van der Waals surface area contributed by atoms with Crippen LogP contribution in [0.3, 0.4) is 0 Å². The van der Waals surface area contributed by atoms with Crippen LogP contribution in [0.25, 0.3) is 10.9 Å². The number of nitrogens with zero attached hydrogens (tertiary/aromatic N) is 1. The highest BCUT2D eigenvalue weighted by Gasteiger charge is 2.23. The first-order chi connectivity index (χ1) is 11.1. The minimum Gasteiger partial charge on any atom is -0.380 e. The van der Waals surface area contributed by atoms with Crippen molar-refractivity contribution in [1.82, 2.24) is 4.98 Å². The first-order valence-electron chi connectivity index (χ1n) is 8.32. The third-order valence-corrected chi connectivity index (χ3v) is 5.13. The minimum absolute atomic E-state index is 0. The molecule has 0 spiro atoms. The van der Waals surface area contributed by atoms with Gasteiger partial charge in [0, 0.05) is 38.5 Å². The first kappa shape index (κ1) is 19.6. The van der Waals surface area contributed by atoms with E-state index in [-0.39, 0.29) is 18.3 Å². The van der Waals surface area contributed by atoms with E-state index < -0.39 is 0 Å². The number of nitrogens with one attached hydrogen (secondary N) is 1. The number of halogens is 2. The number of rotatable bonds is 7. The summed E-state index contributed by atoms with van der Waals surface area (Å²) in [5.41, 5.74) is 3.63.